The molecule has 3 aliphatic carbocycles. The van der Waals surface area contributed by atoms with Crippen molar-refractivity contribution >= 4 is 43.1 Å². The largest absolute Gasteiger partial charge is 0.0731 e. The zero-order valence-electron chi connectivity index (χ0n) is 37.9. The van der Waals surface area contributed by atoms with Crippen molar-refractivity contribution in [2.75, 3.05) is 0 Å². The van der Waals surface area contributed by atoms with Crippen molar-refractivity contribution in [1.29, 1.82) is 0 Å². The van der Waals surface area contributed by atoms with E-state index < -0.39 is 5.41 Å². The van der Waals surface area contributed by atoms with Gasteiger partial charge in [0, 0.05) is 5.41 Å². The molecule has 0 radical (unpaired) electrons. The molecule has 0 atom stereocenters. The molecule has 15 rings (SSSR count). The van der Waals surface area contributed by atoms with Crippen LogP contribution in [-0.2, 0) is 10.8 Å². The van der Waals surface area contributed by atoms with Crippen molar-refractivity contribution in [3.8, 4) is 66.8 Å². The predicted molar refractivity (Wildman–Crippen MR) is 287 cm³/mol. The molecule has 12 aromatic rings. The third-order valence-electron chi connectivity index (χ3n) is 16.3. The van der Waals surface area contributed by atoms with Crippen LogP contribution in [0.1, 0.15) is 47.2 Å². The molecule has 68 heavy (non-hydrogen) atoms. The molecule has 0 aromatic heterocycles. The molecular weight excluding hydrogens is 817 g/mol. The molecule has 0 nitrogen and oxygen atoms in total. The van der Waals surface area contributed by atoms with E-state index in [9.17, 15) is 0 Å². The van der Waals surface area contributed by atoms with Crippen LogP contribution in [0.2, 0.25) is 0 Å². The summed E-state index contributed by atoms with van der Waals surface area (Å²) in [7, 11) is 0. The van der Waals surface area contributed by atoms with E-state index in [0.29, 0.717) is 0 Å². The number of fused-ring (bicyclic) bond motifs is 19. The van der Waals surface area contributed by atoms with E-state index in [0.717, 1.165) is 0 Å². The van der Waals surface area contributed by atoms with Crippen LogP contribution in [0.25, 0.3) is 110 Å². The molecule has 0 saturated carbocycles. The maximum atomic E-state index is 2.47. The van der Waals surface area contributed by atoms with Gasteiger partial charge in [-0.2, -0.15) is 0 Å². The Morgan fingerprint density at radius 2 is 0.721 bits per heavy atom. The highest BCUT2D eigenvalue weighted by atomic mass is 14.5. The first-order chi connectivity index (χ1) is 33.5. The average molecular weight is 861 g/mol. The molecule has 316 valence electrons. The predicted octanol–water partition coefficient (Wildman–Crippen LogP) is 18.0. The van der Waals surface area contributed by atoms with Gasteiger partial charge in [0.1, 0.15) is 0 Å². The second-order valence-electron chi connectivity index (χ2n) is 19.8. The first-order valence-electron chi connectivity index (χ1n) is 24.1. The summed E-state index contributed by atoms with van der Waals surface area (Å²) in [6, 6.07) is 87.4. The summed E-state index contributed by atoms with van der Waals surface area (Å²) in [5.41, 5.74) is 23.4. The van der Waals surface area contributed by atoms with Crippen LogP contribution < -0.4 is 0 Å². The molecule has 0 fully saturated rings. The fraction of sp³-hybridized carbons (Fsp3) is 0.0588. The first kappa shape index (κ1) is 37.9. The number of hydrogen-bond donors (Lipinski definition) is 0. The monoisotopic (exact) mass is 860 g/mol. The highest BCUT2D eigenvalue weighted by Gasteiger charge is 2.52. The van der Waals surface area contributed by atoms with Crippen LogP contribution in [0, 0.1) is 0 Å². The Labute approximate surface area is 396 Å². The van der Waals surface area contributed by atoms with Crippen molar-refractivity contribution in [2.45, 2.75) is 24.7 Å². The first-order valence-corrected chi connectivity index (χ1v) is 24.1. The number of rotatable bonds is 3. The van der Waals surface area contributed by atoms with E-state index in [-0.39, 0.29) is 5.41 Å². The standard InChI is InChI=1S/C68H44/c1-67(2)58-24-12-9-17-49(58)52-36-33-46(40-62(52)67)64-55-22-7-5-20-53(55)63(54-21-6-8-23-56(54)64)43-29-27-41(28-30-43)44-31-35-48-45(39-44)32-37-57-65-47-16-4-3-15-42(47)34-38-61(65)68(66(48)57)59-25-13-10-18-50(59)51-19-11-14-26-60(51)68/h3-40H,1-2H3. The molecule has 0 amide bonds. The maximum absolute atomic E-state index is 2.47. The summed E-state index contributed by atoms with van der Waals surface area (Å²) in [4.78, 5) is 0. The molecular formula is C68H44. The third kappa shape index (κ3) is 4.84. The third-order valence-corrected chi connectivity index (χ3v) is 16.3. The summed E-state index contributed by atoms with van der Waals surface area (Å²) in [6.07, 6.45) is 0. The topological polar surface area (TPSA) is 0 Å². The maximum Gasteiger partial charge on any atom is 0.0731 e. The summed E-state index contributed by atoms with van der Waals surface area (Å²) in [6.45, 7) is 4.75. The Balaban J connectivity index is 0.875. The molecule has 0 aliphatic heterocycles. The van der Waals surface area contributed by atoms with Crippen LogP contribution >= 0.6 is 0 Å². The molecule has 12 aromatic carbocycles. The van der Waals surface area contributed by atoms with Gasteiger partial charge in [-0.1, -0.05) is 232 Å². The van der Waals surface area contributed by atoms with Crippen LogP contribution in [0.15, 0.2) is 231 Å². The average Bonchev–Trinajstić information content (AvgIpc) is 3.96. The van der Waals surface area contributed by atoms with Crippen LogP contribution in [0.3, 0.4) is 0 Å². The van der Waals surface area contributed by atoms with Gasteiger partial charge < -0.3 is 0 Å². The second-order valence-corrected chi connectivity index (χ2v) is 19.8. The van der Waals surface area contributed by atoms with Gasteiger partial charge in [0.2, 0.25) is 0 Å². The van der Waals surface area contributed by atoms with Gasteiger partial charge in [0.05, 0.1) is 5.41 Å². The van der Waals surface area contributed by atoms with Gasteiger partial charge >= 0.3 is 0 Å². The van der Waals surface area contributed by atoms with Crippen molar-refractivity contribution in [2.24, 2.45) is 0 Å². The molecule has 0 bridgehead atoms. The van der Waals surface area contributed by atoms with Crippen molar-refractivity contribution in [3.05, 3.63) is 264 Å². The molecule has 0 saturated heterocycles. The van der Waals surface area contributed by atoms with Gasteiger partial charge in [-0.05, 0) is 155 Å². The van der Waals surface area contributed by atoms with Crippen molar-refractivity contribution < 1.29 is 0 Å². The smallest absolute Gasteiger partial charge is 0.0619 e. The van der Waals surface area contributed by atoms with Crippen LogP contribution in [0.4, 0.5) is 0 Å². The van der Waals surface area contributed by atoms with Gasteiger partial charge in [-0.3, -0.25) is 0 Å². The van der Waals surface area contributed by atoms with E-state index in [1.54, 1.807) is 0 Å². The molecule has 0 heteroatoms. The Hall–Kier alpha value is -8.32. The van der Waals surface area contributed by atoms with Crippen LogP contribution in [-0.4, -0.2) is 0 Å². The SMILES string of the molecule is CC1(C)c2ccccc2-c2ccc(-c3c4ccccc4c(-c4ccc(-c5ccc6c7c(ccc6c5)-c5c(ccc6ccccc56)C75c6ccccc6-c6ccccc65)cc4)c4ccccc34)cc21. The van der Waals surface area contributed by atoms with E-state index in [1.165, 1.54) is 143 Å². The van der Waals surface area contributed by atoms with E-state index in [1.807, 2.05) is 0 Å². The Kier molecular flexibility index (Phi) is 7.59. The van der Waals surface area contributed by atoms with E-state index in [4.69, 9.17) is 0 Å². The van der Waals surface area contributed by atoms with Gasteiger partial charge in [-0.25, -0.2) is 0 Å². The molecule has 0 heterocycles. The quantitative estimate of drug-likeness (QED) is 0.155. The lowest BCUT2D eigenvalue weighted by Gasteiger charge is -2.31. The highest BCUT2D eigenvalue weighted by molar-refractivity contribution is 6.21. The molecule has 1 spiro atoms. The summed E-state index contributed by atoms with van der Waals surface area (Å²) >= 11 is 0. The lowest BCUT2D eigenvalue weighted by Crippen LogP contribution is -2.26. The summed E-state index contributed by atoms with van der Waals surface area (Å²) < 4.78 is 0. The Bertz CT molecular complexity index is 4060. The van der Waals surface area contributed by atoms with Gasteiger partial charge in [0.25, 0.3) is 0 Å². The fourth-order valence-corrected chi connectivity index (χ4v) is 13.4. The molecule has 0 N–H and O–H groups in total. The number of benzene rings is 12. The Morgan fingerprint density at radius 3 is 1.38 bits per heavy atom. The number of hydrogen-bond acceptors (Lipinski definition) is 0. The zero-order valence-corrected chi connectivity index (χ0v) is 37.9. The van der Waals surface area contributed by atoms with Gasteiger partial charge in [0.15, 0.2) is 0 Å². The lowest BCUT2D eigenvalue weighted by atomic mass is 9.69. The Morgan fingerprint density at radius 1 is 0.250 bits per heavy atom. The minimum absolute atomic E-state index is 0.0713. The van der Waals surface area contributed by atoms with Crippen molar-refractivity contribution in [3.63, 3.8) is 0 Å². The highest BCUT2D eigenvalue weighted by Crippen LogP contribution is 2.65. The summed E-state index contributed by atoms with van der Waals surface area (Å²) in [5, 5.41) is 10.3. The minimum atomic E-state index is -0.422. The molecule has 3 aliphatic rings. The lowest BCUT2D eigenvalue weighted by molar-refractivity contribution is 0.660. The van der Waals surface area contributed by atoms with Gasteiger partial charge in [-0.15, -0.1) is 0 Å². The van der Waals surface area contributed by atoms with E-state index >= 15 is 0 Å². The normalized spacial score (nSPS) is 14.3. The van der Waals surface area contributed by atoms with E-state index in [2.05, 4.69) is 244 Å². The van der Waals surface area contributed by atoms with Crippen molar-refractivity contribution in [1.82, 2.24) is 0 Å². The fourth-order valence-electron chi connectivity index (χ4n) is 13.4. The molecule has 0 unspecified atom stereocenters. The zero-order chi connectivity index (χ0) is 44.9. The summed E-state index contributed by atoms with van der Waals surface area (Å²) in [5.74, 6) is 0. The minimum Gasteiger partial charge on any atom is -0.0619 e. The van der Waals surface area contributed by atoms with Crippen LogP contribution in [0.5, 0.6) is 0 Å². The second kappa shape index (κ2) is 13.6.